The molecule has 0 radical (unpaired) electrons. The van der Waals surface area contributed by atoms with Crippen LogP contribution in [-0.2, 0) is 19.4 Å². The van der Waals surface area contributed by atoms with Gasteiger partial charge in [0.2, 0.25) is 0 Å². The lowest BCUT2D eigenvalue weighted by Crippen LogP contribution is -2.35. The van der Waals surface area contributed by atoms with Gasteiger partial charge in [0.05, 0.1) is 11.0 Å². The molecule has 0 fully saturated rings. The fourth-order valence-corrected chi connectivity index (χ4v) is 4.65. The predicted molar refractivity (Wildman–Crippen MR) is 108 cm³/mol. The molecule has 0 saturated heterocycles. The zero-order valence-corrected chi connectivity index (χ0v) is 15.8. The molecule has 2 aromatic carbocycles. The predicted octanol–water partition coefficient (Wildman–Crippen LogP) is 4.76. The van der Waals surface area contributed by atoms with E-state index in [0.717, 1.165) is 60.7 Å². The van der Waals surface area contributed by atoms with Gasteiger partial charge in [0, 0.05) is 30.6 Å². The van der Waals surface area contributed by atoms with Gasteiger partial charge in [-0.3, -0.25) is 0 Å². The minimum atomic E-state index is -0.192. The van der Waals surface area contributed by atoms with Gasteiger partial charge in [0.1, 0.15) is 11.6 Å². The van der Waals surface area contributed by atoms with E-state index in [2.05, 4.69) is 22.0 Å². The second kappa shape index (κ2) is 6.77. The van der Waals surface area contributed by atoms with Crippen LogP contribution < -0.4 is 5.32 Å². The number of nitrogens with zero attached hydrogens (tertiary/aromatic N) is 2. The first-order chi connectivity index (χ1) is 13.2. The quantitative estimate of drug-likeness (QED) is 0.708. The van der Waals surface area contributed by atoms with E-state index in [1.807, 2.05) is 18.2 Å². The standard InChI is InChI=1S/C22H21ClFN3/c23-17-10-16-2-1-9-27-21(26-20(12-17)22(16)27)13-19-11-15(7-8-25-19)14-3-5-18(24)6-4-14/h3-7,10,12,19,25H,1-2,8-9,11,13H2. The van der Waals surface area contributed by atoms with E-state index in [0.29, 0.717) is 6.04 Å². The average Bonchev–Trinajstić information content (AvgIpc) is 3.01. The Kier molecular flexibility index (Phi) is 4.25. The van der Waals surface area contributed by atoms with Gasteiger partial charge in [-0.1, -0.05) is 29.8 Å². The van der Waals surface area contributed by atoms with Crippen LogP contribution in [0.3, 0.4) is 0 Å². The molecular weight excluding hydrogens is 361 g/mol. The van der Waals surface area contributed by atoms with Gasteiger partial charge in [-0.05, 0) is 60.2 Å². The van der Waals surface area contributed by atoms with Gasteiger partial charge < -0.3 is 9.88 Å². The van der Waals surface area contributed by atoms with Crippen LogP contribution in [0.2, 0.25) is 5.02 Å². The molecular formula is C22H21ClFN3. The first-order valence-electron chi connectivity index (χ1n) is 9.53. The summed E-state index contributed by atoms with van der Waals surface area (Å²) >= 11 is 6.28. The summed E-state index contributed by atoms with van der Waals surface area (Å²) < 4.78 is 15.6. The minimum Gasteiger partial charge on any atom is -0.328 e. The summed E-state index contributed by atoms with van der Waals surface area (Å²) in [4.78, 5) is 4.92. The lowest BCUT2D eigenvalue weighted by atomic mass is 9.93. The molecule has 1 atom stereocenters. The third kappa shape index (κ3) is 3.17. The van der Waals surface area contributed by atoms with Crippen molar-refractivity contribution in [2.45, 2.75) is 38.3 Å². The highest BCUT2D eigenvalue weighted by Gasteiger charge is 2.23. The van der Waals surface area contributed by atoms with Crippen LogP contribution in [0.4, 0.5) is 4.39 Å². The molecule has 27 heavy (non-hydrogen) atoms. The Morgan fingerprint density at radius 1 is 1.22 bits per heavy atom. The summed E-state index contributed by atoms with van der Waals surface area (Å²) in [5, 5.41) is 4.36. The molecule has 0 spiro atoms. The van der Waals surface area contributed by atoms with Gasteiger partial charge >= 0.3 is 0 Å². The Labute approximate surface area is 162 Å². The van der Waals surface area contributed by atoms with Crippen LogP contribution in [-0.4, -0.2) is 22.1 Å². The highest BCUT2D eigenvalue weighted by molar-refractivity contribution is 6.31. The minimum absolute atomic E-state index is 0.192. The third-order valence-electron chi connectivity index (χ3n) is 5.66. The SMILES string of the molecule is Fc1ccc(C2=CCNC(Cc3nc4cc(Cl)cc5c4n3CCC5)C2)cc1. The van der Waals surface area contributed by atoms with Crippen molar-refractivity contribution in [2.75, 3.05) is 6.54 Å². The monoisotopic (exact) mass is 381 g/mol. The first kappa shape index (κ1) is 17.0. The summed E-state index contributed by atoms with van der Waals surface area (Å²) in [6.07, 6.45) is 6.20. The fraction of sp³-hybridized carbons (Fsp3) is 0.318. The van der Waals surface area contributed by atoms with Crippen LogP contribution in [0.15, 0.2) is 42.5 Å². The van der Waals surface area contributed by atoms with Crippen molar-refractivity contribution in [2.24, 2.45) is 0 Å². The van der Waals surface area contributed by atoms with E-state index in [4.69, 9.17) is 16.6 Å². The average molecular weight is 382 g/mol. The maximum Gasteiger partial charge on any atom is 0.123 e. The van der Waals surface area contributed by atoms with Crippen molar-refractivity contribution in [3.05, 3.63) is 70.3 Å². The van der Waals surface area contributed by atoms with E-state index in [1.165, 1.54) is 28.8 Å². The number of hydrogen-bond donors (Lipinski definition) is 1. The number of aromatic nitrogens is 2. The molecule has 1 unspecified atom stereocenters. The third-order valence-corrected chi connectivity index (χ3v) is 5.88. The number of rotatable bonds is 3. The molecule has 3 aromatic rings. The van der Waals surface area contributed by atoms with Gasteiger partial charge in [0.15, 0.2) is 0 Å². The molecule has 138 valence electrons. The maximum atomic E-state index is 13.2. The summed E-state index contributed by atoms with van der Waals surface area (Å²) in [7, 11) is 0. The van der Waals surface area contributed by atoms with Crippen LogP contribution in [0.1, 0.15) is 29.8 Å². The fourth-order valence-electron chi connectivity index (χ4n) is 4.41. The largest absolute Gasteiger partial charge is 0.328 e. The number of aryl methyl sites for hydroxylation is 2. The van der Waals surface area contributed by atoms with E-state index in [9.17, 15) is 4.39 Å². The van der Waals surface area contributed by atoms with Crippen molar-refractivity contribution in [1.29, 1.82) is 0 Å². The van der Waals surface area contributed by atoms with E-state index >= 15 is 0 Å². The van der Waals surface area contributed by atoms with Gasteiger partial charge in [-0.2, -0.15) is 0 Å². The van der Waals surface area contributed by atoms with E-state index < -0.39 is 0 Å². The smallest absolute Gasteiger partial charge is 0.123 e. The van der Waals surface area contributed by atoms with Crippen molar-refractivity contribution >= 4 is 28.2 Å². The molecule has 3 nitrogen and oxygen atoms in total. The van der Waals surface area contributed by atoms with Crippen molar-refractivity contribution in [3.63, 3.8) is 0 Å². The van der Waals surface area contributed by atoms with Crippen molar-refractivity contribution in [3.8, 4) is 0 Å². The van der Waals surface area contributed by atoms with E-state index in [1.54, 1.807) is 0 Å². The summed E-state index contributed by atoms with van der Waals surface area (Å²) in [5.74, 6) is 0.938. The second-order valence-electron chi connectivity index (χ2n) is 7.47. The number of benzene rings is 2. The zero-order valence-electron chi connectivity index (χ0n) is 15.0. The highest BCUT2D eigenvalue weighted by Crippen LogP contribution is 2.31. The molecule has 1 N–H and O–H groups in total. The van der Waals surface area contributed by atoms with Crippen LogP contribution in [0.25, 0.3) is 16.6 Å². The van der Waals surface area contributed by atoms with Crippen LogP contribution >= 0.6 is 11.6 Å². The molecule has 0 bridgehead atoms. The molecule has 1 aromatic heterocycles. The molecule has 2 aliphatic heterocycles. The summed E-state index contributed by atoms with van der Waals surface area (Å²) in [6, 6.07) is 11.2. The number of imidazole rings is 1. The Morgan fingerprint density at radius 3 is 2.93 bits per heavy atom. The summed E-state index contributed by atoms with van der Waals surface area (Å²) in [5.41, 5.74) is 5.96. The first-order valence-corrected chi connectivity index (χ1v) is 9.91. The topological polar surface area (TPSA) is 29.9 Å². The van der Waals surface area contributed by atoms with Gasteiger partial charge in [0.25, 0.3) is 0 Å². The molecule has 0 saturated carbocycles. The second-order valence-corrected chi connectivity index (χ2v) is 7.90. The molecule has 5 rings (SSSR count). The molecule has 0 amide bonds. The Bertz CT molecular complexity index is 1040. The maximum absolute atomic E-state index is 13.2. The zero-order chi connectivity index (χ0) is 18.4. The van der Waals surface area contributed by atoms with Crippen molar-refractivity contribution < 1.29 is 4.39 Å². The van der Waals surface area contributed by atoms with Gasteiger partial charge in [-0.25, -0.2) is 9.37 Å². The lowest BCUT2D eigenvalue weighted by molar-refractivity contribution is 0.501. The molecule has 5 heteroatoms. The Balaban J connectivity index is 1.42. The highest BCUT2D eigenvalue weighted by atomic mass is 35.5. The van der Waals surface area contributed by atoms with Crippen molar-refractivity contribution in [1.82, 2.24) is 14.9 Å². The van der Waals surface area contributed by atoms with E-state index in [-0.39, 0.29) is 5.82 Å². The molecule has 2 aliphatic rings. The molecule has 3 heterocycles. The summed E-state index contributed by atoms with van der Waals surface area (Å²) in [6.45, 7) is 1.85. The number of nitrogens with one attached hydrogen (secondary N) is 1. The van der Waals surface area contributed by atoms with Crippen LogP contribution in [0, 0.1) is 5.82 Å². The Morgan fingerprint density at radius 2 is 2.07 bits per heavy atom. The lowest BCUT2D eigenvalue weighted by Gasteiger charge is -2.25. The number of hydrogen-bond acceptors (Lipinski definition) is 2. The normalized spacial score (nSPS) is 19.3. The van der Waals surface area contributed by atoms with Gasteiger partial charge in [-0.15, -0.1) is 0 Å². The number of halogens is 2. The van der Waals surface area contributed by atoms with Crippen LogP contribution in [0.5, 0.6) is 0 Å². The Hall–Kier alpha value is -2.17. The molecule has 0 aliphatic carbocycles.